The molecule has 146 valence electrons. The van der Waals surface area contributed by atoms with E-state index in [1.165, 1.54) is 19.3 Å². The van der Waals surface area contributed by atoms with Crippen molar-refractivity contribution >= 4 is 27.6 Å². The number of rotatable bonds is 7. The van der Waals surface area contributed by atoms with Crippen LogP contribution in [0.1, 0.15) is 48.5 Å². The summed E-state index contributed by atoms with van der Waals surface area (Å²) in [7, 11) is 0. The average molecular weight is 383 g/mol. The summed E-state index contributed by atoms with van der Waals surface area (Å²) in [6.07, 6.45) is 4.64. The molecule has 0 aliphatic heterocycles. The van der Waals surface area contributed by atoms with E-state index in [-0.39, 0.29) is 11.2 Å². The number of ketones is 1. The van der Waals surface area contributed by atoms with Gasteiger partial charge in [-0.2, -0.15) is 0 Å². The largest absolute Gasteiger partial charge is 0.340 e. The van der Waals surface area contributed by atoms with E-state index in [1.54, 1.807) is 18.2 Å². The lowest BCUT2D eigenvalue weighted by atomic mass is 10.00. The quantitative estimate of drug-likeness (QED) is 0.224. The molecule has 29 heavy (non-hydrogen) atoms. The molecule has 0 N–H and O–H groups in total. The van der Waals surface area contributed by atoms with Crippen molar-refractivity contribution in [3.8, 4) is 0 Å². The maximum absolute atomic E-state index is 13.2. The number of aromatic nitrogens is 1. The van der Waals surface area contributed by atoms with Crippen LogP contribution in [-0.4, -0.2) is 10.4 Å². The summed E-state index contributed by atoms with van der Waals surface area (Å²) < 4.78 is 2.23. The van der Waals surface area contributed by atoms with Crippen molar-refractivity contribution < 1.29 is 4.79 Å². The van der Waals surface area contributed by atoms with E-state index < -0.39 is 0 Å². The third-order valence-corrected chi connectivity index (χ3v) is 5.50. The summed E-state index contributed by atoms with van der Waals surface area (Å²) in [5, 5.41) is 1.32. The number of hydrogen-bond acceptors (Lipinski definition) is 2. The predicted octanol–water partition coefficient (Wildman–Crippen LogP) is 5.97. The fourth-order valence-corrected chi connectivity index (χ4v) is 3.96. The SMILES string of the molecule is CCCCCCn1c2ccccc2c(=O)c2cc(C(=O)c3ccccc3)ccc21. The van der Waals surface area contributed by atoms with E-state index in [1.807, 2.05) is 54.6 Å². The fourth-order valence-electron chi connectivity index (χ4n) is 3.96. The van der Waals surface area contributed by atoms with Crippen molar-refractivity contribution in [2.75, 3.05) is 0 Å². The Hall–Kier alpha value is -3.20. The normalized spacial score (nSPS) is 11.2. The zero-order valence-electron chi connectivity index (χ0n) is 16.7. The Morgan fingerprint density at radius 1 is 0.759 bits per heavy atom. The second-order valence-corrected chi connectivity index (χ2v) is 7.49. The van der Waals surface area contributed by atoms with Crippen LogP contribution in [0.5, 0.6) is 0 Å². The van der Waals surface area contributed by atoms with Crippen LogP contribution in [0.3, 0.4) is 0 Å². The Morgan fingerprint density at radius 3 is 2.28 bits per heavy atom. The Labute approximate surface area is 170 Å². The first-order valence-electron chi connectivity index (χ1n) is 10.4. The monoisotopic (exact) mass is 383 g/mol. The van der Waals surface area contributed by atoms with Crippen LogP contribution < -0.4 is 5.43 Å². The lowest BCUT2D eigenvalue weighted by Crippen LogP contribution is -2.13. The van der Waals surface area contributed by atoms with Gasteiger partial charge < -0.3 is 4.57 Å². The van der Waals surface area contributed by atoms with Crippen molar-refractivity contribution in [1.29, 1.82) is 0 Å². The molecule has 1 aromatic heterocycles. The van der Waals surface area contributed by atoms with Gasteiger partial charge in [0.05, 0.1) is 11.0 Å². The van der Waals surface area contributed by atoms with E-state index in [2.05, 4.69) is 11.5 Å². The summed E-state index contributed by atoms with van der Waals surface area (Å²) in [6.45, 7) is 3.07. The van der Waals surface area contributed by atoms with Crippen LogP contribution in [0.2, 0.25) is 0 Å². The van der Waals surface area contributed by atoms with Gasteiger partial charge in [-0.3, -0.25) is 9.59 Å². The number of carbonyl (C=O) groups is 1. The van der Waals surface area contributed by atoms with Gasteiger partial charge in [-0.15, -0.1) is 0 Å². The summed E-state index contributed by atoms with van der Waals surface area (Å²) >= 11 is 0. The minimum Gasteiger partial charge on any atom is -0.340 e. The van der Waals surface area contributed by atoms with Crippen LogP contribution in [-0.2, 0) is 6.54 Å². The molecule has 3 aromatic carbocycles. The minimum absolute atomic E-state index is 0.0110. The van der Waals surface area contributed by atoms with Gasteiger partial charge in [-0.1, -0.05) is 68.7 Å². The Morgan fingerprint density at radius 2 is 1.48 bits per heavy atom. The number of benzene rings is 3. The van der Waals surface area contributed by atoms with Crippen molar-refractivity contribution in [2.24, 2.45) is 0 Å². The van der Waals surface area contributed by atoms with Gasteiger partial charge in [0.1, 0.15) is 0 Å². The summed E-state index contributed by atoms with van der Waals surface area (Å²) in [5.41, 5.74) is 3.03. The number of nitrogens with zero attached hydrogens (tertiary/aromatic N) is 1. The second-order valence-electron chi connectivity index (χ2n) is 7.49. The third kappa shape index (κ3) is 3.73. The summed E-state index contributed by atoms with van der Waals surface area (Å²) in [6, 6.07) is 22.5. The smallest absolute Gasteiger partial charge is 0.197 e. The van der Waals surface area contributed by atoms with Gasteiger partial charge in [0.2, 0.25) is 0 Å². The Balaban J connectivity index is 1.86. The molecule has 0 saturated heterocycles. The molecule has 0 fully saturated rings. The molecule has 0 aliphatic rings. The first kappa shape index (κ1) is 19.1. The maximum Gasteiger partial charge on any atom is 0.197 e. The Kier molecular flexibility index (Phi) is 5.57. The highest BCUT2D eigenvalue weighted by molar-refractivity contribution is 6.11. The first-order chi connectivity index (χ1) is 14.2. The second kappa shape index (κ2) is 8.44. The maximum atomic E-state index is 13.2. The van der Waals surface area contributed by atoms with Crippen molar-refractivity contribution in [3.63, 3.8) is 0 Å². The molecule has 0 aliphatic carbocycles. The molecule has 0 amide bonds. The number of aryl methyl sites for hydroxylation is 1. The number of pyridine rings is 1. The highest BCUT2D eigenvalue weighted by Gasteiger charge is 2.14. The van der Waals surface area contributed by atoms with Crippen molar-refractivity contribution in [3.05, 3.63) is 94.1 Å². The van der Waals surface area contributed by atoms with Crippen LogP contribution >= 0.6 is 0 Å². The fraction of sp³-hybridized carbons (Fsp3) is 0.231. The van der Waals surface area contributed by atoms with Gasteiger partial charge in [0.15, 0.2) is 11.2 Å². The van der Waals surface area contributed by atoms with Gasteiger partial charge >= 0.3 is 0 Å². The summed E-state index contributed by atoms with van der Waals surface area (Å²) in [4.78, 5) is 26.1. The molecule has 0 bridgehead atoms. The predicted molar refractivity (Wildman–Crippen MR) is 120 cm³/mol. The van der Waals surface area contributed by atoms with Crippen molar-refractivity contribution in [1.82, 2.24) is 4.57 Å². The minimum atomic E-state index is -0.0606. The van der Waals surface area contributed by atoms with E-state index in [0.29, 0.717) is 21.9 Å². The van der Waals surface area contributed by atoms with Crippen LogP contribution in [0.4, 0.5) is 0 Å². The van der Waals surface area contributed by atoms with Crippen LogP contribution in [0, 0.1) is 0 Å². The van der Waals surface area contributed by atoms with E-state index in [9.17, 15) is 9.59 Å². The lowest BCUT2D eigenvalue weighted by molar-refractivity contribution is 0.103. The average Bonchev–Trinajstić information content (AvgIpc) is 2.78. The molecule has 3 heteroatoms. The van der Waals surface area contributed by atoms with E-state index in [4.69, 9.17) is 0 Å². The van der Waals surface area contributed by atoms with Crippen LogP contribution in [0.15, 0.2) is 77.6 Å². The molecule has 4 rings (SSSR count). The van der Waals surface area contributed by atoms with Gasteiger partial charge in [-0.05, 0) is 36.8 Å². The number of hydrogen-bond donors (Lipinski definition) is 0. The summed E-state index contributed by atoms with van der Waals surface area (Å²) in [5.74, 6) is -0.0606. The molecule has 0 atom stereocenters. The molecule has 0 saturated carbocycles. The van der Waals surface area contributed by atoms with Crippen LogP contribution in [0.25, 0.3) is 21.8 Å². The van der Waals surface area contributed by atoms with E-state index in [0.717, 1.165) is 24.0 Å². The molecule has 1 heterocycles. The molecular formula is C26H25NO2. The molecule has 0 unspecified atom stereocenters. The first-order valence-corrected chi connectivity index (χ1v) is 10.4. The molecule has 3 nitrogen and oxygen atoms in total. The lowest BCUT2D eigenvalue weighted by Gasteiger charge is -2.16. The number of fused-ring (bicyclic) bond motifs is 2. The molecule has 0 radical (unpaired) electrons. The molecule has 0 spiro atoms. The van der Waals surface area contributed by atoms with Gasteiger partial charge in [0, 0.05) is 28.4 Å². The topological polar surface area (TPSA) is 39.1 Å². The van der Waals surface area contributed by atoms with E-state index >= 15 is 0 Å². The van der Waals surface area contributed by atoms with Gasteiger partial charge in [-0.25, -0.2) is 0 Å². The zero-order valence-corrected chi connectivity index (χ0v) is 16.7. The number of unbranched alkanes of at least 4 members (excludes halogenated alkanes) is 3. The van der Waals surface area contributed by atoms with Crippen molar-refractivity contribution in [2.45, 2.75) is 39.2 Å². The highest BCUT2D eigenvalue weighted by Crippen LogP contribution is 2.22. The number of carbonyl (C=O) groups excluding carboxylic acids is 1. The Bertz CT molecular complexity index is 1220. The number of para-hydroxylation sites is 1. The zero-order chi connectivity index (χ0) is 20.2. The van der Waals surface area contributed by atoms with Gasteiger partial charge in [0.25, 0.3) is 0 Å². The standard InChI is InChI=1S/C26H25NO2/c1-2-3-4-10-17-27-23-14-9-8-13-21(23)26(29)22-18-20(15-16-24(22)27)25(28)19-11-6-5-7-12-19/h5-9,11-16,18H,2-4,10,17H2,1H3. The molecule has 4 aromatic rings. The third-order valence-electron chi connectivity index (χ3n) is 5.50. The molecular weight excluding hydrogens is 358 g/mol. The highest BCUT2D eigenvalue weighted by atomic mass is 16.1.